The maximum absolute atomic E-state index is 13.0. The zero-order valence-corrected chi connectivity index (χ0v) is 19.3. The van der Waals surface area contributed by atoms with Gasteiger partial charge < -0.3 is 9.64 Å². The number of nitrogens with zero attached hydrogens (tertiary/aromatic N) is 6. The summed E-state index contributed by atoms with van der Waals surface area (Å²) in [6.45, 7) is 7.20. The molecule has 10 nitrogen and oxygen atoms in total. The van der Waals surface area contributed by atoms with E-state index < -0.39 is 17.7 Å². The number of nitrogens with one attached hydrogen (secondary N) is 1. The first-order valence-corrected chi connectivity index (χ1v) is 10.7. The SMILES string of the molecule is CCC1C(=O)N(C)c2cnc(-n3ccnc3-c3ccccc3)nc2N1NC(=O)OC(C)(C)C. The van der Waals surface area contributed by atoms with Gasteiger partial charge in [0.2, 0.25) is 5.95 Å². The standard InChI is InChI=1S/C23H27N7O3/c1-6-16-20(31)28(5)17-14-25-21(26-19(17)30(16)27-22(32)33-23(2,3)4)29-13-12-24-18(29)15-10-8-7-9-11-15/h7-14,16H,6H2,1-5H3,(H,27,32). The topological polar surface area (TPSA) is 105 Å². The molecular weight excluding hydrogens is 422 g/mol. The van der Waals surface area contributed by atoms with Crippen LogP contribution in [0.25, 0.3) is 17.3 Å². The highest BCUT2D eigenvalue weighted by atomic mass is 16.6. The Bertz CT molecular complexity index is 1170. The van der Waals surface area contributed by atoms with Crippen molar-refractivity contribution in [1.82, 2.24) is 24.9 Å². The molecule has 0 bridgehead atoms. The molecule has 4 rings (SSSR count). The molecule has 2 aromatic heterocycles. The molecule has 172 valence electrons. The quantitative estimate of drug-likeness (QED) is 0.651. The molecule has 1 unspecified atom stereocenters. The molecule has 1 aliphatic rings. The fourth-order valence-corrected chi connectivity index (χ4v) is 3.64. The van der Waals surface area contributed by atoms with Crippen LogP contribution < -0.4 is 15.3 Å². The number of hydrogen-bond acceptors (Lipinski definition) is 7. The summed E-state index contributed by atoms with van der Waals surface area (Å²) >= 11 is 0. The molecule has 0 radical (unpaired) electrons. The summed E-state index contributed by atoms with van der Waals surface area (Å²) in [5.41, 5.74) is 3.41. The first kappa shape index (κ1) is 22.3. The van der Waals surface area contributed by atoms with E-state index in [0.29, 0.717) is 29.7 Å². The summed E-state index contributed by atoms with van der Waals surface area (Å²) in [6, 6.07) is 9.06. The summed E-state index contributed by atoms with van der Waals surface area (Å²) in [5, 5.41) is 1.47. The second kappa shape index (κ2) is 8.53. The number of likely N-dealkylation sites (N-methyl/N-ethyl adjacent to an activating group) is 1. The minimum absolute atomic E-state index is 0.176. The zero-order valence-electron chi connectivity index (χ0n) is 19.3. The lowest BCUT2D eigenvalue weighted by molar-refractivity contribution is -0.120. The van der Waals surface area contributed by atoms with E-state index in [0.717, 1.165) is 5.56 Å². The number of benzene rings is 1. The summed E-state index contributed by atoms with van der Waals surface area (Å²) in [4.78, 5) is 40.7. The van der Waals surface area contributed by atoms with Gasteiger partial charge in [0.1, 0.15) is 23.2 Å². The highest BCUT2D eigenvalue weighted by molar-refractivity contribution is 6.04. The summed E-state index contributed by atoms with van der Waals surface area (Å²) in [5.74, 6) is 1.26. The average Bonchev–Trinajstić information content (AvgIpc) is 3.26. The third-order valence-corrected chi connectivity index (χ3v) is 5.14. The maximum atomic E-state index is 13.0. The molecular formula is C23H27N7O3. The predicted molar refractivity (Wildman–Crippen MR) is 124 cm³/mol. The van der Waals surface area contributed by atoms with Crippen molar-refractivity contribution in [1.29, 1.82) is 0 Å². The molecule has 0 saturated heterocycles. The van der Waals surface area contributed by atoms with Gasteiger partial charge in [0, 0.05) is 25.0 Å². The fourth-order valence-electron chi connectivity index (χ4n) is 3.64. The number of ether oxygens (including phenoxy) is 1. The first-order chi connectivity index (χ1) is 15.7. The Labute approximate surface area is 192 Å². The van der Waals surface area contributed by atoms with Gasteiger partial charge in [0.05, 0.1) is 6.20 Å². The van der Waals surface area contributed by atoms with Gasteiger partial charge in [-0.1, -0.05) is 37.3 Å². The van der Waals surface area contributed by atoms with Crippen LogP contribution in [0.5, 0.6) is 0 Å². The smallest absolute Gasteiger partial charge is 0.426 e. The van der Waals surface area contributed by atoms with Crippen molar-refractivity contribution in [2.24, 2.45) is 0 Å². The van der Waals surface area contributed by atoms with E-state index in [4.69, 9.17) is 9.72 Å². The third kappa shape index (κ3) is 4.36. The second-order valence-corrected chi connectivity index (χ2v) is 8.67. The minimum atomic E-state index is -0.691. The van der Waals surface area contributed by atoms with Crippen molar-refractivity contribution in [3.8, 4) is 17.3 Å². The number of carbonyl (C=O) groups excluding carboxylic acids is 2. The van der Waals surface area contributed by atoms with Crippen LogP contribution in [0.4, 0.5) is 16.3 Å². The summed E-state index contributed by atoms with van der Waals surface area (Å²) in [7, 11) is 1.67. The fraction of sp³-hybridized carbons (Fsp3) is 0.348. The number of anilines is 2. The molecule has 1 aromatic carbocycles. The molecule has 3 aromatic rings. The number of hydrogen-bond donors (Lipinski definition) is 1. The molecule has 10 heteroatoms. The Kier molecular flexibility index (Phi) is 5.75. The van der Waals surface area contributed by atoms with Crippen molar-refractivity contribution >= 4 is 23.5 Å². The van der Waals surface area contributed by atoms with Crippen molar-refractivity contribution in [2.75, 3.05) is 17.0 Å². The molecule has 0 fully saturated rings. The highest BCUT2D eigenvalue weighted by Crippen LogP contribution is 2.34. The lowest BCUT2D eigenvalue weighted by Gasteiger charge is -2.39. The van der Waals surface area contributed by atoms with Crippen LogP contribution >= 0.6 is 0 Å². The number of carbonyl (C=O) groups is 2. The van der Waals surface area contributed by atoms with E-state index >= 15 is 0 Å². The molecule has 2 amide bonds. The van der Waals surface area contributed by atoms with Gasteiger partial charge in [-0.3, -0.25) is 14.4 Å². The second-order valence-electron chi connectivity index (χ2n) is 8.67. The molecule has 0 saturated carbocycles. The molecule has 0 aliphatic carbocycles. The van der Waals surface area contributed by atoms with Crippen LogP contribution in [0, 0.1) is 0 Å². The van der Waals surface area contributed by atoms with Crippen LogP contribution in [0.3, 0.4) is 0 Å². The Balaban J connectivity index is 1.78. The van der Waals surface area contributed by atoms with E-state index in [1.165, 1.54) is 9.91 Å². The van der Waals surface area contributed by atoms with Crippen molar-refractivity contribution in [3.05, 3.63) is 48.9 Å². The van der Waals surface area contributed by atoms with Gasteiger partial charge in [-0.05, 0) is 27.2 Å². The molecule has 1 N–H and O–H groups in total. The van der Waals surface area contributed by atoms with E-state index in [1.807, 2.05) is 37.3 Å². The van der Waals surface area contributed by atoms with Crippen LogP contribution in [-0.4, -0.2) is 50.2 Å². The highest BCUT2D eigenvalue weighted by Gasteiger charge is 2.39. The predicted octanol–water partition coefficient (Wildman–Crippen LogP) is 3.33. The number of fused-ring (bicyclic) bond motifs is 1. The lowest BCUT2D eigenvalue weighted by Crippen LogP contribution is -2.59. The molecule has 3 heterocycles. The summed E-state index contributed by atoms with van der Waals surface area (Å²) < 4.78 is 7.18. The number of imidazole rings is 1. The van der Waals surface area contributed by atoms with Crippen LogP contribution in [0.2, 0.25) is 0 Å². The number of amides is 2. The van der Waals surface area contributed by atoms with E-state index in [2.05, 4.69) is 15.4 Å². The Hall–Kier alpha value is -3.95. The van der Waals surface area contributed by atoms with Gasteiger partial charge in [0.15, 0.2) is 5.82 Å². The number of rotatable bonds is 4. The van der Waals surface area contributed by atoms with Crippen molar-refractivity contribution < 1.29 is 14.3 Å². The Morgan fingerprint density at radius 2 is 1.91 bits per heavy atom. The third-order valence-electron chi connectivity index (χ3n) is 5.14. The average molecular weight is 450 g/mol. The van der Waals surface area contributed by atoms with E-state index in [9.17, 15) is 9.59 Å². The van der Waals surface area contributed by atoms with E-state index in [-0.39, 0.29) is 5.91 Å². The van der Waals surface area contributed by atoms with Gasteiger partial charge in [-0.25, -0.2) is 20.2 Å². The van der Waals surface area contributed by atoms with Crippen LogP contribution in [0.15, 0.2) is 48.9 Å². The Morgan fingerprint density at radius 3 is 2.58 bits per heavy atom. The van der Waals surface area contributed by atoms with Crippen molar-refractivity contribution in [3.63, 3.8) is 0 Å². The molecule has 1 atom stereocenters. The first-order valence-electron chi connectivity index (χ1n) is 10.7. The maximum Gasteiger partial charge on any atom is 0.426 e. The number of hydrazine groups is 1. The van der Waals surface area contributed by atoms with Gasteiger partial charge in [-0.15, -0.1) is 0 Å². The van der Waals surface area contributed by atoms with Gasteiger partial charge >= 0.3 is 6.09 Å². The van der Waals surface area contributed by atoms with Crippen molar-refractivity contribution in [2.45, 2.75) is 45.8 Å². The van der Waals surface area contributed by atoms with Gasteiger partial charge in [0.25, 0.3) is 5.91 Å². The van der Waals surface area contributed by atoms with Gasteiger partial charge in [-0.2, -0.15) is 4.98 Å². The molecule has 33 heavy (non-hydrogen) atoms. The summed E-state index contributed by atoms with van der Waals surface area (Å²) in [6.07, 6.45) is 4.80. The largest absolute Gasteiger partial charge is 0.443 e. The number of aromatic nitrogens is 4. The van der Waals surface area contributed by atoms with Crippen LogP contribution in [-0.2, 0) is 9.53 Å². The Morgan fingerprint density at radius 1 is 1.18 bits per heavy atom. The zero-order chi connectivity index (χ0) is 23.8. The molecule has 1 aliphatic heterocycles. The van der Waals surface area contributed by atoms with E-state index in [1.54, 1.807) is 51.0 Å². The molecule has 0 spiro atoms. The minimum Gasteiger partial charge on any atom is -0.443 e. The van der Waals surface area contributed by atoms with Crippen LogP contribution in [0.1, 0.15) is 34.1 Å². The normalized spacial score (nSPS) is 15.9. The monoisotopic (exact) mass is 449 g/mol. The lowest BCUT2D eigenvalue weighted by atomic mass is 10.1.